The van der Waals surface area contributed by atoms with Crippen molar-refractivity contribution in [2.24, 2.45) is 0 Å². The highest BCUT2D eigenvalue weighted by molar-refractivity contribution is 6.16. The molecule has 6 rings (SSSR count). The largest absolute Gasteiger partial charge is 0.493 e. The van der Waals surface area contributed by atoms with Gasteiger partial charge < -0.3 is 33.3 Å². The molecule has 2 aliphatic rings. The molecule has 0 aliphatic carbocycles. The summed E-state index contributed by atoms with van der Waals surface area (Å²) in [6.07, 6.45) is 3.43. The molecular weight excluding hydrogens is 522 g/mol. The second-order valence-corrected chi connectivity index (χ2v) is 10.1. The van der Waals surface area contributed by atoms with Gasteiger partial charge in [0.15, 0.2) is 34.5 Å². The number of methoxy groups -OCH3 is 4. The van der Waals surface area contributed by atoms with E-state index in [-0.39, 0.29) is 5.78 Å². The lowest BCUT2D eigenvalue weighted by atomic mass is 9.91. The van der Waals surface area contributed by atoms with Gasteiger partial charge in [0.25, 0.3) is 0 Å². The maximum Gasteiger partial charge on any atom is 0.209 e. The molecule has 8 nitrogen and oxygen atoms in total. The molecule has 2 heterocycles. The SMILES string of the molecule is COc1cc2ccc3c4c(c(OC)c(OC)c3c2cc1OC)C=C(C(=O)c1ccc2c(c1)OCCCO2)N(C)CC4. The van der Waals surface area contributed by atoms with Crippen LogP contribution < -0.4 is 28.4 Å². The molecule has 0 saturated heterocycles. The number of Topliss-reactive ketones (excluding diaryl/α,β-unsaturated/α-hetero) is 1. The Balaban J connectivity index is 1.56. The monoisotopic (exact) mass is 555 g/mol. The number of nitrogens with zero attached hydrogens (tertiary/aromatic N) is 1. The molecule has 41 heavy (non-hydrogen) atoms. The molecule has 0 spiro atoms. The van der Waals surface area contributed by atoms with E-state index in [1.165, 1.54) is 0 Å². The van der Waals surface area contributed by atoms with Crippen molar-refractivity contribution >= 4 is 33.4 Å². The maximum absolute atomic E-state index is 14.0. The van der Waals surface area contributed by atoms with Crippen molar-refractivity contribution in [2.75, 3.05) is 55.2 Å². The van der Waals surface area contributed by atoms with Gasteiger partial charge in [-0.25, -0.2) is 0 Å². The van der Waals surface area contributed by atoms with Gasteiger partial charge in [-0.1, -0.05) is 12.1 Å². The maximum atomic E-state index is 14.0. The summed E-state index contributed by atoms with van der Waals surface area (Å²) in [5.41, 5.74) is 3.01. The molecule has 0 aromatic heterocycles. The minimum absolute atomic E-state index is 0.104. The molecule has 0 bridgehead atoms. The third kappa shape index (κ3) is 4.43. The van der Waals surface area contributed by atoms with Crippen molar-refractivity contribution < 1.29 is 33.2 Å². The van der Waals surface area contributed by atoms with Gasteiger partial charge in [0.05, 0.1) is 47.3 Å². The van der Waals surface area contributed by atoms with E-state index < -0.39 is 0 Å². The normalized spacial score (nSPS) is 14.6. The van der Waals surface area contributed by atoms with Gasteiger partial charge >= 0.3 is 0 Å². The van der Waals surface area contributed by atoms with E-state index in [1.807, 2.05) is 36.2 Å². The topological polar surface area (TPSA) is 75.7 Å². The smallest absolute Gasteiger partial charge is 0.209 e. The van der Waals surface area contributed by atoms with Crippen LogP contribution in [0.15, 0.2) is 48.2 Å². The van der Waals surface area contributed by atoms with Crippen LogP contribution in [0.3, 0.4) is 0 Å². The molecule has 4 aromatic carbocycles. The zero-order valence-corrected chi connectivity index (χ0v) is 24.0. The predicted octanol–water partition coefficient (Wildman–Crippen LogP) is 5.90. The Hall–Kier alpha value is -4.59. The van der Waals surface area contributed by atoms with E-state index >= 15 is 0 Å². The number of rotatable bonds is 6. The van der Waals surface area contributed by atoms with Crippen molar-refractivity contribution in [1.82, 2.24) is 4.90 Å². The second-order valence-electron chi connectivity index (χ2n) is 10.1. The summed E-state index contributed by atoms with van der Waals surface area (Å²) in [4.78, 5) is 16.0. The highest BCUT2D eigenvalue weighted by atomic mass is 16.5. The zero-order valence-electron chi connectivity index (χ0n) is 24.0. The van der Waals surface area contributed by atoms with E-state index in [9.17, 15) is 4.79 Å². The van der Waals surface area contributed by atoms with Gasteiger partial charge in [-0.2, -0.15) is 0 Å². The average Bonchev–Trinajstić information content (AvgIpc) is 3.35. The highest BCUT2D eigenvalue weighted by Crippen LogP contribution is 2.48. The Labute approximate surface area is 238 Å². The molecule has 0 radical (unpaired) electrons. The van der Waals surface area contributed by atoms with E-state index in [4.69, 9.17) is 28.4 Å². The third-order valence-electron chi connectivity index (χ3n) is 7.89. The second kappa shape index (κ2) is 10.8. The first-order chi connectivity index (χ1) is 20.0. The molecule has 0 amide bonds. The van der Waals surface area contributed by atoms with Gasteiger partial charge in [0, 0.05) is 36.5 Å². The Bertz CT molecular complexity index is 1710. The summed E-state index contributed by atoms with van der Waals surface area (Å²) in [5, 5.41) is 3.91. The Morgan fingerprint density at radius 1 is 0.805 bits per heavy atom. The molecule has 8 heteroatoms. The van der Waals surface area contributed by atoms with Gasteiger partial charge in [0.2, 0.25) is 5.78 Å². The number of carbonyl (C=O) groups excluding carboxylic acids is 1. The predicted molar refractivity (Wildman–Crippen MR) is 158 cm³/mol. The molecule has 0 atom stereocenters. The number of ether oxygens (including phenoxy) is 6. The minimum Gasteiger partial charge on any atom is -0.493 e. The van der Waals surface area contributed by atoms with Crippen molar-refractivity contribution in [3.63, 3.8) is 0 Å². The number of hydrogen-bond acceptors (Lipinski definition) is 8. The lowest BCUT2D eigenvalue weighted by Gasteiger charge is -2.20. The fourth-order valence-corrected chi connectivity index (χ4v) is 5.82. The summed E-state index contributed by atoms with van der Waals surface area (Å²) < 4.78 is 34.8. The minimum atomic E-state index is -0.104. The average molecular weight is 556 g/mol. The Kier molecular flexibility index (Phi) is 6.99. The number of allylic oxidation sites excluding steroid dienone is 1. The van der Waals surface area contributed by atoms with Crippen LogP contribution in [0.5, 0.6) is 34.5 Å². The van der Waals surface area contributed by atoms with Crippen molar-refractivity contribution in [3.8, 4) is 34.5 Å². The third-order valence-corrected chi connectivity index (χ3v) is 7.89. The van der Waals surface area contributed by atoms with Crippen molar-refractivity contribution in [3.05, 3.63) is 64.9 Å². The Morgan fingerprint density at radius 2 is 1.54 bits per heavy atom. The van der Waals surface area contributed by atoms with E-state index in [0.29, 0.717) is 71.9 Å². The van der Waals surface area contributed by atoms with Crippen LogP contribution >= 0.6 is 0 Å². The number of likely N-dealkylation sites (N-methyl/N-ethyl adjacent to an activating group) is 1. The van der Waals surface area contributed by atoms with Gasteiger partial charge in [-0.05, 0) is 64.6 Å². The molecule has 0 fully saturated rings. The van der Waals surface area contributed by atoms with Crippen molar-refractivity contribution in [1.29, 1.82) is 0 Å². The zero-order chi connectivity index (χ0) is 28.7. The first-order valence-electron chi connectivity index (χ1n) is 13.6. The fraction of sp³-hybridized carbons (Fsp3) is 0.303. The number of benzene rings is 4. The highest BCUT2D eigenvalue weighted by Gasteiger charge is 2.28. The van der Waals surface area contributed by atoms with Crippen LogP contribution in [0.1, 0.15) is 27.9 Å². The van der Waals surface area contributed by atoms with Crippen LogP contribution in [0.4, 0.5) is 0 Å². The summed E-state index contributed by atoms with van der Waals surface area (Å²) in [7, 11) is 8.46. The van der Waals surface area contributed by atoms with Crippen LogP contribution in [0.25, 0.3) is 27.6 Å². The first-order valence-corrected chi connectivity index (χ1v) is 13.6. The quantitative estimate of drug-likeness (QED) is 0.215. The Morgan fingerprint density at radius 3 is 2.27 bits per heavy atom. The molecule has 4 aromatic rings. The number of hydrogen-bond donors (Lipinski definition) is 0. The van der Waals surface area contributed by atoms with E-state index in [0.717, 1.165) is 39.1 Å². The van der Waals surface area contributed by atoms with Gasteiger partial charge in [-0.15, -0.1) is 0 Å². The van der Waals surface area contributed by atoms with E-state index in [1.54, 1.807) is 40.6 Å². The number of carbonyl (C=O) groups is 1. The summed E-state index contributed by atoms with van der Waals surface area (Å²) in [6.45, 7) is 1.79. The van der Waals surface area contributed by atoms with Crippen LogP contribution in [-0.4, -0.2) is 65.9 Å². The fourth-order valence-electron chi connectivity index (χ4n) is 5.82. The van der Waals surface area contributed by atoms with Gasteiger partial charge in [0.1, 0.15) is 0 Å². The molecule has 2 aliphatic heterocycles. The molecule has 0 N–H and O–H groups in total. The lowest BCUT2D eigenvalue weighted by Crippen LogP contribution is -2.24. The summed E-state index contributed by atoms with van der Waals surface area (Å²) in [5.74, 6) is 3.61. The lowest BCUT2D eigenvalue weighted by molar-refractivity contribution is 0.100. The standard InChI is InChI=1S/C33H33NO7/c1-34-12-11-21-22-9-7-19-15-27(36-2)28(37-3)18-23(19)30(22)33(39-5)32(38-4)24(21)17-25(34)31(35)20-8-10-26-29(16-20)41-14-6-13-40-26/h7-10,15-18H,6,11-14H2,1-5H3. The molecule has 212 valence electrons. The molecule has 0 unspecified atom stereocenters. The number of fused-ring (bicyclic) bond motifs is 6. The first kappa shape index (κ1) is 26.6. The molecule has 0 saturated carbocycles. The summed E-state index contributed by atoms with van der Waals surface area (Å²) in [6, 6.07) is 13.5. The van der Waals surface area contributed by atoms with Crippen molar-refractivity contribution in [2.45, 2.75) is 12.8 Å². The van der Waals surface area contributed by atoms with Crippen LogP contribution in [-0.2, 0) is 6.42 Å². The van der Waals surface area contributed by atoms with E-state index in [2.05, 4.69) is 12.1 Å². The number of ketones is 1. The van der Waals surface area contributed by atoms with Gasteiger partial charge in [-0.3, -0.25) is 4.79 Å². The summed E-state index contributed by atoms with van der Waals surface area (Å²) >= 11 is 0. The molecular formula is C33H33NO7. The van der Waals surface area contributed by atoms with Crippen LogP contribution in [0, 0.1) is 0 Å². The van der Waals surface area contributed by atoms with Crippen LogP contribution in [0.2, 0.25) is 0 Å².